The molecule has 3 nitrogen and oxygen atoms in total. The van der Waals surface area contributed by atoms with E-state index in [1.165, 1.54) is 19.3 Å². The Balaban J connectivity index is -0.000000157. The van der Waals surface area contributed by atoms with Gasteiger partial charge < -0.3 is 14.6 Å². The summed E-state index contributed by atoms with van der Waals surface area (Å²) in [5.74, 6) is 1.79. The molecule has 1 aromatic carbocycles. The van der Waals surface area contributed by atoms with Gasteiger partial charge in [-0.1, -0.05) is 92.0 Å². The summed E-state index contributed by atoms with van der Waals surface area (Å²) in [5, 5.41) is 8.66. The largest absolute Gasteiger partial charge is 0.494 e. The summed E-state index contributed by atoms with van der Waals surface area (Å²) in [5.41, 5.74) is 0. The standard InChI is InChI=1S/C16H26O3.C7H12.2C2H6.CH4S.CH4/c1-2-18-15-9-11-16(12-10-15)19-14-8-6-4-3-5-7-13-17;1-3-5-7-6-4-2;3*1-2;/h9-12,17H,2-8,13-14H2,1H3;3,5-7H,4H2,1-2H3;2*1-2H3;2H,1H3;1H4/b;5-3-,7-6-;;;;. The highest BCUT2D eigenvalue weighted by molar-refractivity contribution is 7.79. The molecule has 0 saturated heterocycles. The highest BCUT2D eigenvalue weighted by Crippen LogP contribution is 2.18. The van der Waals surface area contributed by atoms with Crippen molar-refractivity contribution in [2.45, 2.75) is 101 Å². The van der Waals surface area contributed by atoms with Crippen LogP contribution in [0.3, 0.4) is 0 Å². The van der Waals surface area contributed by atoms with E-state index in [0.717, 1.165) is 43.8 Å². The zero-order valence-corrected chi connectivity index (χ0v) is 23.3. The van der Waals surface area contributed by atoms with Crippen molar-refractivity contribution in [2.24, 2.45) is 0 Å². The normalized spacial score (nSPS) is 9.03. The Bertz CT molecular complexity index is 456. The lowest BCUT2D eigenvalue weighted by molar-refractivity contribution is 0.280. The van der Waals surface area contributed by atoms with E-state index in [4.69, 9.17) is 14.6 Å². The lowest BCUT2D eigenvalue weighted by atomic mass is 10.1. The Kier molecular flexibility index (Phi) is 56.2. The zero-order valence-electron chi connectivity index (χ0n) is 22.4. The van der Waals surface area contributed by atoms with Crippen LogP contribution in [-0.4, -0.2) is 31.2 Å². The van der Waals surface area contributed by atoms with Crippen LogP contribution in [0.4, 0.5) is 0 Å². The van der Waals surface area contributed by atoms with Gasteiger partial charge in [0.25, 0.3) is 0 Å². The summed E-state index contributed by atoms with van der Waals surface area (Å²) >= 11 is 3.53. The van der Waals surface area contributed by atoms with E-state index in [9.17, 15) is 0 Å². The maximum absolute atomic E-state index is 8.66. The van der Waals surface area contributed by atoms with Crippen LogP contribution in [0, 0.1) is 0 Å². The third-order valence-electron chi connectivity index (χ3n) is 3.63. The van der Waals surface area contributed by atoms with E-state index in [1.807, 2.05) is 78.0 Å². The molecule has 0 fully saturated rings. The van der Waals surface area contributed by atoms with Crippen LogP contribution in [0.2, 0.25) is 0 Å². The number of rotatable bonds is 13. The molecule has 0 aliphatic carbocycles. The fraction of sp³-hybridized carbons (Fsp3) is 0.655. The quantitative estimate of drug-likeness (QED) is 0.166. The summed E-state index contributed by atoms with van der Waals surface area (Å²) in [4.78, 5) is 0. The average Bonchev–Trinajstić information content (AvgIpc) is 2.86. The summed E-state index contributed by atoms with van der Waals surface area (Å²) in [6, 6.07) is 7.78. The number of thiol groups is 1. The molecule has 1 N–H and O–H groups in total. The number of ether oxygens (including phenoxy) is 2. The van der Waals surface area contributed by atoms with E-state index in [-0.39, 0.29) is 7.43 Å². The molecule has 0 heterocycles. The molecule has 0 aliphatic heterocycles. The van der Waals surface area contributed by atoms with Crippen molar-refractivity contribution in [3.05, 3.63) is 48.6 Å². The van der Waals surface area contributed by atoms with Crippen LogP contribution >= 0.6 is 12.6 Å². The summed E-state index contributed by atoms with van der Waals surface area (Å²) in [6.07, 6.45) is 17.9. The summed E-state index contributed by atoms with van der Waals surface area (Å²) in [7, 11) is 0. The van der Waals surface area contributed by atoms with Crippen LogP contribution in [0.1, 0.15) is 101 Å². The minimum atomic E-state index is 0. The predicted molar refractivity (Wildman–Crippen MR) is 156 cm³/mol. The third kappa shape index (κ3) is 38.2. The number of benzene rings is 1. The van der Waals surface area contributed by atoms with Crippen molar-refractivity contribution in [3.63, 3.8) is 0 Å². The van der Waals surface area contributed by atoms with Gasteiger partial charge in [-0.15, -0.1) is 0 Å². The van der Waals surface area contributed by atoms with Crippen LogP contribution in [0.5, 0.6) is 11.5 Å². The minimum Gasteiger partial charge on any atom is -0.494 e. The molecule has 0 aromatic heterocycles. The molecule has 0 unspecified atom stereocenters. The first-order valence-corrected chi connectivity index (χ1v) is 13.4. The van der Waals surface area contributed by atoms with Crippen LogP contribution in [-0.2, 0) is 0 Å². The van der Waals surface area contributed by atoms with Crippen molar-refractivity contribution < 1.29 is 14.6 Å². The maximum atomic E-state index is 8.66. The van der Waals surface area contributed by atoms with Gasteiger partial charge in [-0.3, -0.25) is 0 Å². The first kappa shape index (κ1) is 41.8. The Labute approximate surface area is 214 Å². The molecule has 4 heteroatoms. The molecule has 1 rings (SSSR count). The maximum Gasteiger partial charge on any atom is 0.119 e. The molecule has 33 heavy (non-hydrogen) atoms. The molecule has 0 radical (unpaired) electrons. The molecular formula is C29H58O3S. The second kappa shape index (κ2) is 44.3. The van der Waals surface area contributed by atoms with Gasteiger partial charge in [-0.2, -0.15) is 12.6 Å². The summed E-state index contributed by atoms with van der Waals surface area (Å²) in [6.45, 7) is 15.9. The topological polar surface area (TPSA) is 38.7 Å². The van der Waals surface area contributed by atoms with Gasteiger partial charge in [0.15, 0.2) is 0 Å². The van der Waals surface area contributed by atoms with Crippen LogP contribution < -0.4 is 9.47 Å². The predicted octanol–water partition coefficient (Wildman–Crippen LogP) is 9.56. The number of aliphatic hydroxyl groups is 1. The Morgan fingerprint density at radius 2 is 1.21 bits per heavy atom. The zero-order chi connectivity index (χ0) is 25.3. The molecule has 0 saturated carbocycles. The third-order valence-corrected chi connectivity index (χ3v) is 3.63. The average molecular weight is 487 g/mol. The second-order valence-electron chi connectivity index (χ2n) is 5.96. The molecule has 0 atom stereocenters. The molecule has 0 bridgehead atoms. The van der Waals surface area contributed by atoms with Crippen molar-refractivity contribution in [2.75, 3.05) is 26.1 Å². The van der Waals surface area contributed by atoms with Crippen molar-refractivity contribution >= 4 is 12.6 Å². The fourth-order valence-electron chi connectivity index (χ4n) is 2.24. The van der Waals surface area contributed by atoms with Crippen LogP contribution in [0.15, 0.2) is 48.6 Å². The Hall–Kier alpha value is -1.39. The fourth-order valence-corrected chi connectivity index (χ4v) is 2.24. The molecular weight excluding hydrogens is 428 g/mol. The van der Waals surface area contributed by atoms with Crippen molar-refractivity contribution in [1.82, 2.24) is 0 Å². The SMILES string of the molecule is C.C/C=C\C=C/CC.CC.CC.CCOc1ccc(OCCCCCCCCO)cc1.CS. The highest BCUT2D eigenvalue weighted by atomic mass is 32.1. The summed E-state index contributed by atoms with van der Waals surface area (Å²) < 4.78 is 11.0. The second-order valence-corrected chi connectivity index (χ2v) is 5.96. The lowest BCUT2D eigenvalue weighted by Gasteiger charge is -2.07. The number of aliphatic hydroxyl groups excluding tert-OH is 1. The Morgan fingerprint density at radius 1 is 0.758 bits per heavy atom. The van der Waals surface area contributed by atoms with Gasteiger partial charge in [-0.25, -0.2) is 0 Å². The van der Waals surface area contributed by atoms with Gasteiger partial charge in [-0.05, 0) is 63.6 Å². The smallest absolute Gasteiger partial charge is 0.119 e. The Morgan fingerprint density at radius 3 is 1.64 bits per heavy atom. The van der Waals surface area contributed by atoms with Crippen LogP contribution in [0.25, 0.3) is 0 Å². The van der Waals surface area contributed by atoms with E-state index in [1.54, 1.807) is 6.26 Å². The van der Waals surface area contributed by atoms with Gasteiger partial charge in [0.2, 0.25) is 0 Å². The molecule has 1 aromatic rings. The number of hydrogen-bond acceptors (Lipinski definition) is 4. The van der Waals surface area contributed by atoms with E-state index in [0.29, 0.717) is 13.2 Å². The highest BCUT2D eigenvalue weighted by Gasteiger charge is 1.96. The van der Waals surface area contributed by atoms with E-state index < -0.39 is 0 Å². The number of hydrogen-bond donors (Lipinski definition) is 2. The first-order chi connectivity index (χ1) is 15.8. The van der Waals surface area contributed by atoms with E-state index >= 15 is 0 Å². The monoisotopic (exact) mass is 486 g/mol. The van der Waals surface area contributed by atoms with Crippen molar-refractivity contribution in [1.29, 1.82) is 0 Å². The molecule has 0 spiro atoms. The number of unbranched alkanes of at least 4 members (excludes halogenated alkanes) is 5. The van der Waals surface area contributed by atoms with Crippen molar-refractivity contribution in [3.8, 4) is 11.5 Å². The number of allylic oxidation sites excluding steroid dienone is 4. The molecule has 0 aliphatic rings. The van der Waals surface area contributed by atoms with E-state index in [2.05, 4.69) is 31.7 Å². The lowest BCUT2D eigenvalue weighted by Crippen LogP contribution is -1.97. The van der Waals surface area contributed by atoms with Gasteiger partial charge in [0, 0.05) is 6.61 Å². The first-order valence-electron chi connectivity index (χ1n) is 12.5. The van der Waals surface area contributed by atoms with Gasteiger partial charge in [0.05, 0.1) is 13.2 Å². The molecule has 0 amide bonds. The van der Waals surface area contributed by atoms with Gasteiger partial charge >= 0.3 is 0 Å². The minimum absolute atomic E-state index is 0. The van der Waals surface area contributed by atoms with Gasteiger partial charge in [0.1, 0.15) is 11.5 Å². The molecule has 198 valence electrons.